The predicted molar refractivity (Wildman–Crippen MR) is 64.6 cm³/mol. The van der Waals surface area contributed by atoms with Crippen LogP contribution in [0.15, 0.2) is 34.9 Å². The zero-order valence-electron chi connectivity index (χ0n) is 9.45. The number of furan rings is 1. The fraction of sp³-hybridized carbons (Fsp3) is 0.182. The van der Waals surface area contributed by atoms with Crippen LogP contribution in [-0.4, -0.2) is 25.9 Å². The lowest BCUT2D eigenvalue weighted by atomic mass is 10.1. The van der Waals surface area contributed by atoms with E-state index in [1.807, 2.05) is 0 Å². The van der Waals surface area contributed by atoms with Crippen molar-refractivity contribution in [3.8, 4) is 0 Å². The van der Waals surface area contributed by atoms with Crippen molar-refractivity contribution >= 4 is 27.0 Å². The first-order chi connectivity index (χ1) is 8.45. The fourth-order valence-electron chi connectivity index (χ4n) is 1.77. The van der Waals surface area contributed by atoms with Gasteiger partial charge in [-0.3, -0.25) is 9.35 Å². The summed E-state index contributed by atoms with van der Waals surface area (Å²) < 4.78 is 37.0. The molecule has 1 aromatic heterocycles. The molecule has 0 aliphatic carbocycles. The van der Waals surface area contributed by atoms with E-state index in [-0.39, 0.29) is 5.56 Å². The second-order valence-corrected chi connectivity index (χ2v) is 5.20. The maximum Gasteiger partial charge on any atom is 0.281 e. The zero-order chi connectivity index (χ0) is 13.3. The number of hydrogen-bond donors (Lipinski definition) is 2. The average Bonchev–Trinajstić information content (AvgIpc) is 2.71. The molecule has 0 radical (unpaired) electrons. The number of benzene rings is 1. The van der Waals surface area contributed by atoms with Crippen LogP contribution in [0.2, 0.25) is 0 Å². The molecule has 0 saturated heterocycles. The van der Waals surface area contributed by atoms with Gasteiger partial charge in [-0.2, -0.15) is 8.42 Å². The van der Waals surface area contributed by atoms with Gasteiger partial charge in [0.1, 0.15) is 5.58 Å². The van der Waals surface area contributed by atoms with Crippen molar-refractivity contribution in [2.24, 2.45) is 0 Å². The molecule has 1 amide bonds. The van der Waals surface area contributed by atoms with E-state index >= 15 is 0 Å². The molecule has 0 bridgehead atoms. The van der Waals surface area contributed by atoms with Crippen LogP contribution >= 0.6 is 0 Å². The first-order valence-corrected chi connectivity index (χ1v) is 6.59. The van der Waals surface area contributed by atoms with Crippen LogP contribution in [0.4, 0.5) is 0 Å². The monoisotopic (exact) mass is 269 g/mol. The number of carbonyl (C=O) groups is 1. The van der Waals surface area contributed by atoms with Crippen molar-refractivity contribution in [3.63, 3.8) is 0 Å². The van der Waals surface area contributed by atoms with Crippen LogP contribution in [0.5, 0.6) is 0 Å². The highest BCUT2D eigenvalue weighted by Crippen LogP contribution is 2.30. The van der Waals surface area contributed by atoms with E-state index < -0.39 is 21.3 Å². The summed E-state index contributed by atoms with van der Waals surface area (Å²) in [6.07, 6.45) is 1.17. The van der Waals surface area contributed by atoms with Crippen molar-refractivity contribution in [1.29, 1.82) is 0 Å². The van der Waals surface area contributed by atoms with Gasteiger partial charge in [-0.15, -0.1) is 0 Å². The number of nitrogens with one attached hydrogen (secondary N) is 1. The molecule has 7 heteroatoms. The van der Waals surface area contributed by atoms with Crippen LogP contribution in [0.3, 0.4) is 0 Å². The van der Waals surface area contributed by atoms with Gasteiger partial charge in [-0.25, -0.2) is 0 Å². The summed E-state index contributed by atoms with van der Waals surface area (Å²) in [5, 5.41) is 0.992. The lowest BCUT2D eigenvalue weighted by Crippen LogP contribution is -2.30. The molecule has 0 aliphatic heterocycles. The van der Waals surface area contributed by atoms with Crippen LogP contribution in [0.25, 0.3) is 11.0 Å². The van der Waals surface area contributed by atoms with Gasteiger partial charge in [0.05, 0.1) is 6.26 Å². The van der Waals surface area contributed by atoms with Gasteiger partial charge < -0.3 is 9.73 Å². The first-order valence-electron chi connectivity index (χ1n) is 5.09. The zero-order valence-corrected chi connectivity index (χ0v) is 10.3. The molecule has 2 rings (SSSR count). The van der Waals surface area contributed by atoms with Gasteiger partial charge in [-0.1, -0.05) is 18.2 Å². The summed E-state index contributed by atoms with van der Waals surface area (Å²) in [4.78, 5) is 11.6. The third kappa shape index (κ3) is 2.09. The van der Waals surface area contributed by atoms with Crippen molar-refractivity contribution in [3.05, 3.63) is 36.1 Å². The van der Waals surface area contributed by atoms with Crippen LogP contribution in [-0.2, 0) is 14.9 Å². The predicted octanol–water partition coefficient (Wildman–Crippen LogP) is 1.11. The van der Waals surface area contributed by atoms with E-state index in [9.17, 15) is 17.8 Å². The Morgan fingerprint density at radius 1 is 1.39 bits per heavy atom. The Kier molecular flexibility index (Phi) is 3.10. The topological polar surface area (TPSA) is 96.6 Å². The summed E-state index contributed by atoms with van der Waals surface area (Å²) >= 11 is 0. The summed E-state index contributed by atoms with van der Waals surface area (Å²) in [7, 11) is -3.27. The normalized spacial score (nSPS) is 13.4. The fourth-order valence-corrected chi connectivity index (χ4v) is 2.66. The number of fused-ring (bicyclic) bond motifs is 1. The maximum atomic E-state index is 11.6. The van der Waals surface area contributed by atoms with Gasteiger partial charge in [0.2, 0.25) is 5.91 Å². The minimum Gasteiger partial charge on any atom is -0.464 e. The molecule has 6 nitrogen and oxygen atoms in total. The lowest BCUT2D eigenvalue weighted by molar-refractivity contribution is -0.120. The van der Waals surface area contributed by atoms with E-state index in [2.05, 4.69) is 5.32 Å². The van der Waals surface area contributed by atoms with Gasteiger partial charge in [-0.05, 0) is 6.07 Å². The molecule has 0 fully saturated rings. The Labute approximate surface area is 103 Å². The van der Waals surface area contributed by atoms with Crippen molar-refractivity contribution in [1.82, 2.24) is 5.32 Å². The minimum absolute atomic E-state index is 0.118. The number of amides is 1. The average molecular weight is 269 g/mol. The van der Waals surface area contributed by atoms with Gasteiger partial charge in [0.15, 0.2) is 5.25 Å². The van der Waals surface area contributed by atoms with Crippen molar-refractivity contribution in [2.75, 3.05) is 7.05 Å². The highest BCUT2D eigenvalue weighted by Gasteiger charge is 2.34. The van der Waals surface area contributed by atoms with Gasteiger partial charge in [0, 0.05) is 18.0 Å². The van der Waals surface area contributed by atoms with E-state index in [1.165, 1.54) is 13.3 Å². The standard InChI is InChI=1S/C11H11NO5S/c1-12-11(13)10(18(14,15)16)8-6-17-9-5-3-2-4-7(8)9/h2-6,10H,1H3,(H,12,13)(H,14,15,16). The van der Waals surface area contributed by atoms with Crippen molar-refractivity contribution in [2.45, 2.75) is 5.25 Å². The molecule has 1 unspecified atom stereocenters. The summed E-state index contributed by atoms with van der Waals surface area (Å²) in [6.45, 7) is 0. The van der Waals surface area contributed by atoms with E-state index in [1.54, 1.807) is 24.3 Å². The number of rotatable bonds is 3. The SMILES string of the molecule is CNC(=O)C(c1coc2ccccc12)S(=O)(=O)O. The Hall–Kier alpha value is -1.86. The number of carbonyl (C=O) groups excluding carboxylic acids is 1. The smallest absolute Gasteiger partial charge is 0.281 e. The minimum atomic E-state index is -4.56. The largest absolute Gasteiger partial charge is 0.464 e. The molecule has 1 atom stereocenters. The van der Waals surface area contributed by atoms with E-state index in [4.69, 9.17) is 4.42 Å². The summed E-state index contributed by atoms with van der Waals surface area (Å²) in [5.74, 6) is -0.816. The second-order valence-electron chi connectivity index (χ2n) is 3.70. The highest BCUT2D eigenvalue weighted by molar-refractivity contribution is 7.86. The molecular weight excluding hydrogens is 258 g/mol. The van der Waals surface area contributed by atoms with Gasteiger partial charge in [0.25, 0.3) is 10.1 Å². The molecule has 0 spiro atoms. The molecule has 1 heterocycles. The lowest BCUT2D eigenvalue weighted by Gasteiger charge is -2.10. The molecule has 1 aromatic carbocycles. The van der Waals surface area contributed by atoms with E-state index in [0.29, 0.717) is 11.0 Å². The van der Waals surface area contributed by atoms with Crippen LogP contribution < -0.4 is 5.32 Å². The Bertz CT molecular complexity index is 688. The third-order valence-corrected chi connectivity index (χ3v) is 3.64. The van der Waals surface area contributed by atoms with Crippen molar-refractivity contribution < 1.29 is 22.2 Å². The molecule has 18 heavy (non-hydrogen) atoms. The molecule has 2 N–H and O–H groups in total. The maximum absolute atomic E-state index is 11.6. The quantitative estimate of drug-likeness (QED) is 0.813. The Morgan fingerprint density at radius 3 is 2.67 bits per heavy atom. The molecule has 96 valence electrons. The summed E-state index contributed by atoms with van der Waals surface area (Å²) in [6, 6.07) is 6.67. The molecule has 2 aromatic rings. The van der Waals surface area contributed by atoms with E-state index in [0.717, 1.165) is 0 Å². The Balaban J connectivity index is 2.66. The molecular formula is C11H11NO5S. The molecule has 0 aliphatic rings. The van der Waals surface area contributed by atoms with Gasteiger partial charge >= 0.3 is 0 Å². The summed E-state index contributed by atoms with van der Waals surface area (Å²) in [5.41, 5.74) is 0.567. The number of likely N-dealkylation sites (N-methyl/N-ethyl adjacent to an activating group) is 1. The Morgan fingerprint density at radius 2 is 2.06 bits per heavy atom. The second kappa shape index (κ2) is 4.43. The molecule has 0 saturated carbocycles. The number of hydrogen-bond acceptors (Lipinski definition) is 4. The van der Waals surface area contributed by atoms with Crippen LogP contribution in [0, 0.1) is 0 Å². The number of para-hydroxylation sites is 1. The van der Waals surface area contributed by atoms with Crippen LogP contribution in [0.1, 0.15) is 10.8 Å². The first kappa shape index (κ1) is 12.6. The highest BCUT2D eigenvalue weighted by atomic mass is 32.2. The third-order valence-electron chi connectivity index (χ3n) is 2.58.